The molecule has 0 aliphatic heterocycles. The van der Waals surface area contributed by atoms with Gasteiger partial charge in [0.05, 0.1) is 10.6 Å². The molecule has 8 heteroatoms. The van der Waals surface area contributed by atoms with E-state index >= 15 is 0 Å². The van der Waals surface area contributed by atoms with Crippen molar-refractivity contribution in [2.45, 2.75) is 77.4 Å². The van der Waals surface area contributed by atoms with Crippen molar-refractivity contribution >= 4 is 27.5 Å². The highest BCUT2D eigenvalue weighted by atomic mass is 32.2. The summed E-state index contributed by atoms with van der Waals surface area (Å²) in [5.41, 5.74) is 2.69. The molecule has 0 heterocycles. The van der Waals surface area contributed by atoms with Crippen LogP contribution in [0.4, 0.5) is 5.69 Å². The lowest BCUT2D eigenvalue weighted by molar-refractivity contribution is -0.141. The summed E-state index contributed by atoms with van der Waals surface area (Å²) in [6.07, 6.45) is 0.959. The number of amides is 2. The van der Waals surface area contributed by atoms with Crippen molar-refractivity contribution in [2.75, 3.05) is 10.8 Å². The van der Waals surface area contributed by atoms with Crippen LogP contribution in [0.15, 0.2) is 83.8 Å². The number of anilines is 1. The Morgan fingerprint density at radius 2 is 1.48 bits per heavy atom. The van der Waals surface area contributed by atoms with Crippen LogP contribution in [-0.4, -0.2) is 43.3 Å². The van der Waals surface area contributed by atoms with Crippen LogP contribution in [0.2, 0.25) is 0 Å². The minimum atomic E-state index is -4.09. The molecule has 0 saturated carbocycles. The average molecular weight is 564 g/mol. The van der Waals surface area contributed by atoms with Gasteiger partial charge in [-0.05, 0) is 69.9 Å². The molecule has 1 atom stereocenters. The number of benzene rings is 3. The molecule has 0 aromatic heterocycles. The Balaban J connectivity index is 2.09. The lowest BCUT2D eigenvalue weighted by Crippen LogP contribution is -2.55. The number of nitrogens with one attached hydrogen (secondary N) is 1. The van der Waals surface area contributed by atoms with E-state index in [2.05, 4.69) is 5.32 Å². The SMILES string of the molecule is CCc1ccccc1N(CC(=O)N(Cc1ccc(C)cc1)C(CC)C(=O)NC(C)(C)C)S(=O)(=O)c1ccccc1. The van der Waals surface area contributed by atoms with Crippen molar-refractivity contribution in [1.29, 1.82) is 0 Å². The van der Waals surface area contributed by atoms with E-state index in [9.17, 15) is 18.0 Å². The third kappa shape index (κ3) is 7.72. The minimum absolute atomic E-state index is 0.0938. The fraction of sp³-hybridized carbons (Fsp3) is 0.375. The Hall–Kier alpha value is -3.65. The van der Waals surface area contributed by atoms with E-state index in [4.69, 9.17) is 0 Å². The number of para-hydroxylation sites is 1. The van der Waals surface area contributed by atoms with Crippen LogP contribution in [0.1, 0.15) is 57.7 Å². The molecule has 214 valence electrons. The molecular formula is C32H41N3O4S. The van der Waals surface area contributed by atoms with E-state index < -0.39 is 34.1 Å². The minimum Gasteiger partial charge on any atom is -0.350 e. The van der Waals surface area contributed by atoms with E-state index in [0.717, 1.165) is 16.7 Å². The summed E-state index contributed by atoms with van der Waals surface area (Å²) < 4.78 is 29.2. The Labute approximate surface area is 239 Å². The summed E-state index contributed by atoms with van der Waals surface area (Å²) in [6, 6.07) is 22.3. The summed E-state index contributed by atoms with van der Waals surface area (Å²) in [7, 11) is -4.09. The maximum absolute atomic E-state index is 14.2. The first-order valence-corrected chi connectivity index (χ1v) is 15.1. The van der Waals surface area contributed by atoms with Crippen molar-refractivity contribution < 1.29 is 18.0 Å². The van der Waals surface area contributed by atoms with E-state index in [-0.39, 0.29) is 17.3 Å². The first kappa shape index (κ1) is 30.9. The number of rotatable bonds is 11. The predicted molar refractivity (Wildman–Crippen MR) is 160 cm³/mol. The Morgan fingerprint density at radius 1 is 0.875 bits per heavy atom. The van der Waals surface area contributed by atoms with Crippen LogP contribution in [0.25, 0.3) is 0 Å². The van der Waals surface area contributed by atoms with Gasteiger partial charge in [-0.3, -0.25) is 13.9 Å². The molecule has 0 aliphatic rings. The highest BCUT2D eigenvalue weighted by Crippen LogP contribution is 2.28. The summed E-state index contributed by atoms with van der Waals surface area (Å²) in [5, 5.41) is 3.00. The highest BCUT2D eigenvalue weighted by molar-refractivity contribution is 7.92. The van der Waals surface area contributed by atoms with Crippen molar-refractivity contribution in [2.24, 2.45) is 0 Å². The van der Waals surface area contributed by atoms with E-state index in [1.165, 1.54) is 21.3 Å². The van der Waals surface area contributed by atoms with Gasteiger partial charge >= 0.3 is 0 Å². The van der Waals surface area contributed by atoms with Crippen molar-refractivity contribution in [1.82, 2.24) is 10.2 Å². The monoisotopic (exact) mass is 563 g/mol. The molecule has 3 rings (SSSR count). The summed E-state index contributed by atoms with van der Waals surface area (Å²) >= 11 is 0. The Bertz CT molecular complexity index is 1400. The Morgan fingerprint density at radius 3 is 2.05 bits per heavy atom. The average Bonchev–Trinajstić information content (AvgIpc) is 2.92. The molecular weight excluding hydrogens is 522 g/mol. The predicted octanol–water partition coefficient (Wildman–Crippen LogP) is 5.47. The first-order chi connectivity index (χ1) is 18.9. The summed E-state index contributed by atoms with van der Waals surface area (Å²) in [4.78, 5) is 29.2. The number of hydrogen-bond donors (Lipinski definition) is 1. The fourth-order valence-electron chi connectivity index (χ4n) is 4.55. The number of nitrogens with zero attached hydrogens (tertiary/aromatic N) is 2. The van der Waals surface area contributed by atoms with Crippen LogP contribution >= 0.6 is 0 Å². The van der Waals surface area contributed by atoms with Crippen LogP contribution in [0, 0.1) is 6.92 Å². The molecule has 40 heavy (non-hydrogen) atoms. The standard InChI is InChI=1S/C32H41N3O4S/c1-7-26-14-12-13-17-29(26)35(40(38,39)27-15-10-9-11-16-27)23-30(36)34(22-25-20-18-24(3)19-21-25)28(8-2)31(37)33-32(4,5)6/h9-21,28H,7-8,22-23H2,1-6H3,(H,33,37). The van der Waals surface area contributed by atoms with Gasteiger partial charge in [0.25, 0.3) is 10.0 Å². The molecule has 3 aromatic carbocycles. The first-order valence-electron chi connectivity index (χ1n) is 13.7. The molecule has 0 saturated heterocycles. The van der Waals surface area contributed by atoms with Crippen LogP contribution in [0.3, 0.4) is 0 Å². The second-order valence-electron chi connectivity index (χ2n) is 11.0. The van der Waals surface area contributed by atoms with Crippen LogP contribution < -0.4 is 9.62 Å². The molecule has 0 bridgehead atoms. The zero-order chi connectivity index (χ0) is 29.5. The van der Waals surface area contributed by atoms with E-state index in [1.54, 1.807) is 30.3 Å². The van der Waals surface area contributed by atoms with E-state index in [0.29, 0.717) is 18.5 Å². The van der Waals surface area contributed by atoms with Gasteiger partial charge in [0, 0.05) is 12.1 Å². The smallest absolute Gasteiger partial charge is 0.264 e. The molecule has 1 unspecified atom stereocenters. The van der Waals surface area contributed by atoms with Crippen molar-refractivity contribution in [3.8, 4) is 0 Å². The maximum Gasteiger partial charge on any atom is 0.264 e. The summed E-state index contributed by atoms with van der Waals surface area (Å²) in [5.74, 6) is -0.733. The van der Waals surface area contributed by atoms with Crippen LogP contribution in [0.5, 0.6) is 0 Å². The number of sulfonamides is 1. The highest BCUT2D eigenvalue weighted by Gasteiger charge is 2.35. The zero-order valence-electron chi connectivity index (χ0n) is 24.3. The zero-order valence-corrected chi connectivity index (χ0v) is 25.2. The van der Waals surface area contributed by atoms with Gasteiger partial charge in [0.15, 0.2) is 0 Å². The van der Waals surface area contributed by atoms with Gasteiger partial charge in [-0.1, -0.05) is 80.1 Å². The number of aryl methyl sites for hydroxylation is 2. The van der Waals surface area contributed by atoms with Crippen molar-refractivity contribution in [3.63, 3.8) is 0 Å². The maximum atomic E-state index is 14.2. The molecule has 0 aliphatic carbocycles. The number of carbonyl (C=O) groups is 2. The lowest BCUT2D eigenvalue weighted by atomic mass is 10.1. The third-order valence-electron chi connectivity index (χ3n) is 6.61. The second-order valence-corrected chi connectivity index (χ2v) is 12.8. The lowest BCUT2D eigenvalue weighted by Gasteiger charge is -2.35. The number of hydrogen-bond acceptors (Lipinski definition) is 4. The molecule has 2 amide bonds. The largest absolute Gasteiger partial charge is 0.350 e. The van der Waals surface area contributed by atoms with Gasteiger partial charge in [0.2, 0.25) is 11.8 Å². The van der Waals surface area contributed by atoms with Gasteiger partial charge in [0.1, 0.15) is 12.6 Å². The second kappa shape index (κ2) is 13.1. The Kier molecular flexibility index (Phi) is 10.1. The third-order valence-corrected chi connectivity index (χ3v) is 8.38. The van der Waals surface area contributed by atoms with Crippen LogP contribution in [-0.2, 0) is 32.6 Å². The molecule has 1 N–H and O–H groups in total. The van der Waals surface area contributed by atoms with Gasteiger partial charge in [-0.2, -0.15) is 0 Å². The van der Waals surface area contributed by atoms with Gasteiger partial charge in [-0.25, -0.2) is 8.42 Å². The molecule has 3 aromatic rings. The molecule has 0 fully saturated rings. The van der Waals surface area contributed by atoms with Gasteiger partial charge < -0.3 is 10.2 Å². The molecule has 7 nitrogen and oxygen atoms in total. The van der Waals surface area contributed by atoms with E-state index in [1.807, 2.05) is 77.9 Å². The molecule has 0 radical (unpaired) electrons. The topological polar surface area (TPSA) is 86.8 Å². The number of carbonyl (C=O) groups excluding carboxylic acids is 2. The molecule has 0 spiro atoms. The van der Waals surface area contributed by atoms with Gasteiger partial charge in [-0.15, -0.1) is 0 Å². The fourth-order valence-corrected chi connectivity index (χ4v) is 6.02. The quantitative estimate of drug-likeness (QED) is 0.335. The van der Waals surface area contributed by atoms with Crippen molar-refractivity contribution in [3.05, 3.63) is 95.6 Å². The summed E-state index contributed by atoms with van der Waals surface area (Å²) in [6.45, 7) is 11.2. The normalized spacial score (nSPS) is 12.4.